The van der Waals surface area contributed by atoms with Crippen molar-refractivity contribution in [3.63, 3.8) is 0 Å². The fourth-order valence-corrected chi connectivity index (χ4v) is 1.43. The fraction of sp³-hybridized carbons (Fsp3) is 0.286. The first-order valence-corrected chi connectivity index (χ1v) is 5.09. The summed E-state index contributed by atoms with van der Waals surface area (Å²) >= 11 is 2.81. The Hall–Kier alpha value is -1.58. The van der Waals surface area contributed by atoms with Crippen LogP contribution in [0.5, 0.6) is 5.75 Å². The molecule has 0 spiro atoms. The second-order valence-corrected chi connectivity index (χ2v) is 3.34. The molecule has 94 valence electrons. The largest absolute Gasteiger partial charge is 0.573 e. The van der Waals surface area contributed by atoms with E-state index in [2.05, 4.69) is 20.7 Å². The molecule has 0 amide bonds. The first-order chi connectivity index (χ1) is 7.74. The molecule has 0 unspecified atom stereocenters. The van der Waals surface area contributed by atoms with Crippen molar-refractivity contribution in [2.75, 3.05) is 0 Å². The van der Waals surface area contributed by atoms with E-state index in [-0.39, 0.29) is 10.9 Å². The van der Waals surface area contributed by atoms with Crippen LogP contribution in [0.15, 0.2) is 10.9 Å². The fourth-order valence-electron chi connectivity index (χ4n) is 1.01. The molecule has 0 aliphatic carbocycles. The molecule has 0 atom stereocenters. The summed E-state index contributed by atoms with van der Waals surface area (Å²) in [6.45, 7) is 0. The number of nitro groups is 1. The zero-order chi connectivity index (χ0) is 13.2. The molecule has 0 saturated carbocycles. The topological polar surface area (TPSA) is 85.2 Å². The zero-order valence-electron chi connectivity index (χ0n) is 7.88. The van der Waals surface area contributed by atoms with Crippen molar-refractivity contribution in [3.05, 3.63) is 32.1 Å². The highest BCUT2D eigenvalue weighted by Crippen LogP contribution is 2.26. The lowest BCUT2D eigenvalue weighted by Crippen LogP contribution is -2.24. The summed E-state index contributed by atoms with van der Waals surface area (Å²) in [6, 6.07) is 0.789. The number of nitrogens with one attached hydrogen (secondary N) is 1. The third kappa shape index (κ3) is 3.44. The predicted octanol–water partition coefficient (Wildman–Crippen LogP) is 2.08. The minimum Gasteiger partial charge on any atom is -0.397 e. The van der Waals surface area contributed by atoms with Gasteiger partial charge in [-0.1, -0.05) is 15.9 Å². The maximum Gasteiger partial charge on any atom is 0.573 e. The molecule has 1 rings (SSSR count). The Bertz CT molecular complexity index is 499. The second kappa shape index (κ2) is 4.73. The number of pyridine rings is 1. The quantitative estimate of drug-likeness (QED) is 0.525. The van der Waals surface area contributed by atoms with Crippen molar-refractivity contribution in [1.29, 1.82) is 0 Å². The summed E-state index contributed by atoms with van der Waals surface area (Å²) < 4.78 is 39.4. The van der Waals surface area contributed by atoms with Gasteiger partial charge in [0.1, 0.15) is 0 Å². The number of hydrogen-bond acceptors (Lipinski definition) is 4. The van der Waals surface area contributed by atoms with Crippen LogP contribution < -0.4 is 10.3 Å². The Morgan fingerprint density at radius 1 is 1.53 bits per heavy atom. The number of ether oxygens (including phenoxy) is 1. The highest BCUT2D eigenvalue weighted by atomic mass is 79.9. The molecule has 10 heteroatoms. The number of H-pyrrole nitrogens is 1. The molecule has 1 heterocycles. The molecule has 0 fully saturated rings. The lowest BCUT2D eigenvalue weighted by molar-refractivity contribution is -0.389. The van der Waals surface area contributed by atoms with Crippen molar-refractivity contribution in [3.8, 4) is 5.75 Å². The average Bonchev–Trinajstić information content (AvgIpc) is 2.18. The van der Waals surface area contributed by atoms with Crippen molar-refractivity contribution >= 4 is 21.7 Å². The molecule has 0 aliphatic heterocycles. The minimum atomic E-state index is -5.04. The van der Waals surface area contributed by atoms with Crippen LogP contribution in [0.1, 0.15) is 5.56 Å². The van der Waals surface area contributed by atoms with E-state index in [1.54, 1.807) is 4.98 Å². The van der Waals surface area contributed by atoms with Crippen LogP contribution in [0.2, 0.25) is 0 Å². The van der Waals surface area contributed by atoms with Gasteiger partial charge in [0, 0.05) is 17.0 Å². The van der Waals surface area contributed by atoms with E-state index >= 15 is 0 Å². The van der Waals surface area contributed by atoms with E-state index < -0.39 is 28.4 Å². The SMILES string of the molecule is O=c1[nH]c([N+](=O)[O-])cc(CBr)c1OC(F)(F)F. The third-order valence-corrected chi connectivity index (χ3v) is 2.21. The van der Waals surface area contributed by atoms with Crippen LogP contribution in [0.25, 0.3) is 0 Å². The Labute approximate surface area is 99.7 Å². The summed E-state index contributed by atoms with van der Waals surface area (Å²) in [5.74, 6) is -1.72. The molecule has 17 heavy (non-hydrogen) atoms. The van der Waals surface area contributed by atoms with Gasteiger partial charge in [-0.3, -0.25) is 0 Å². The van der Waals surface area contributed by atoms with Gasteiger partial charge >= 0.3 is 17.7 Å². The molecule has 0 radical (unpaired) electrons. The zero-order valence-corrected chi connectivity index (χ0v) is 9.46. The normalized spacial score (nSPS) is 11.3. The maximum atomic E-state index is 12.0. The number of hydrogen-bond donors (Lipinski definition) is 1. The predicted molar refractivity (Wildman–Crippen MR) is 53.0 cm³/mol. The number of aromatic amines is 1. The van der Waals surface area contributed by atoms with Crippen LogP contribution in [-0.2, 0) is 5.33 Å². The summed E-state index contributed by atoms with van der Waals surface area (Å²) in [4.78, 5) is 22.3. The van der Waals surface area contributed by atoms with Crippen molar-refractivity contribution in [2.45, 2.75) is 11.7 Å². The maximum absolute atomic E-state index is 12.0. The van der Waals surface area contributed by atoms with E-state index in [1.807, 2.05) is 0 Å². The van der Waals surface area contributed by atoms with E-state index in [4.69, 9.17) is 0 Å². The molecule has 1 aromatic rings. The standard InChI is InChI=1S/C7H4BrF3N2O4/c8-2-3-1-4(13(15)16)12-6(14)5(3)17-7(9,10)11/h1H,2H2,(H,12,14). The lowest BCUT2D eigenvalue weighted by atomic mass is 10.2. The molecule has 0 aliphatic rings. The van der Waals surface area contributed by atoms with Gasteiger partial charge in [-0.25, -0.2) is 9.78 Å². The Morgan fingerprint density at radius 2 is 2.12 bits per heavy atom. The van der Waals surface area contributed by atoms with Crippen LogP contribution in [0.3, 0.4) is 0 Å². The number of alkyl halides is 4. The highest BCUT2D eigenvalue weighted by Gasteiger charge is 2.34. The molecule has 0 saturated heterocycles. The van der Waals surface area contributed by atoms with Crippen molar-refractivity contribution in [1.82, 2.24) is 4.98 Å². The average molecular weight is 317 g/mol. The molecule has 1 aromatic heterocycles. The molecule has 1 N–H and O–H groups in total. The smallest absolute Gasteiger partial charge is 0.397 e. The monoisotopic (exact) mass is 316 g/mol. The summed E-state index contributed by atoms with van der Waals surface area (Å²) in [5.41, 5.74) is -1.58. The minimum absolute atomic E-state index is 0.191. The number of halogens is 4. The summed E-state index contributed by atoms with van der Waals surface area (Å²) in [7, 11) is 0. The number of rotatable bonds is 3. The van der Waals surface area contributed by atoms with Gasteiger partial charge in [0.05, 0.1) is 0 Å². The second-order valence-electron chi connectivity index (χ2n) is 2.78. The molecular weight excluding hydrogens is 313 g/mol. The summed E-state index contributed by atoms with van der Waals surface area (Å²) in [5, 5.41) is 10.2. The third-order valence-electron chi connectivity index (χ3n) is 1.61. The van der Waals surface area contributed by atoms with Gasteiger partial charge < -0.3 is 14.9 Å². The van der Waals surface area contributed by atoms with Gasteiger partial charge in [-0.2, -0.15) is 0 Å². The Kier molecular flexibility index (Phi) is 3.76. The Morgan fingerprint density at radius 3 is 2.53 bits per heavy atom. The van der Waals surface area contributed by atoms with Crippen LogP contribution in [0, 0.1) is 10.1 Å². The van der Waals surface area contributed by atoms with Crippen LogP contribution >= 0.6 is 15.9 Å². The highest BCUT2D eigenvalue weighted by molar-refractivity contribution is 9.08. The first-order valence-electron chi connectivity index (χ1n) is 3.97. The van der Waals surface area contributed by atoms with Crippen LogP contribution in [-0.4, -0.2) is 16.3 Å². The van der Waals surface area contributed by atoms with Gasteiger partial charge in [0.2, 0.25) is 5.75 Å². The first kappa shape index (κ1) is 13.5. The Balaban J connectivity index is 3.32. The number of nitrogens with zero attached hydrogens (tertiary/aromatic N) is 1. The lowest BCUT2D eigenvalue weighted by Gasteiger charge is -2.09. The molecule has 0 bridgehead atoms. The van der Waals surface area contributed by atoms with Crippen molar-refractivity contribution < 1.29 is 22.8 Å². The number of aromatic nitrogens is 1. The molecule has 6 nitrogen and oxygen atoms in total. The van der Waals surface area contributed by atoms with E-state index in [1.165, 1.54) is 0 Å². The van der Waals surface area contributed by atoms with Crippen LogP contribution in [0.4, 0.5) is 19.0 Å². The molecular formula is C7H4BrF3N2O4. The van der Waals surface area contributed by atoms with E-state index in [9.17, 15) is 28.1 Å². The van der Waals surface area contributed by atoms with E-state index in [0.717, 1.165) is 6.07 Å². The summed E-state index contributed by atoms with van der Waals surface area (Å²) in [6.07, 6.45) is -5.04. The van der Waals surface area contributed by atoms with Gasteiger partial charge in [0.25, 0.3) is 0 Å². The van der Waals surface area contributed by atoms with Gasteiger partial charge in [-0.05, 0) is 4.92 Å². The molecule has 0 aromatic carbocycles. The van der Waals surface area contributed by atoms with Crippen molar-refractivity contribution in [2.24, 2.45) is 0 Å². The van der Waals surface area contributed by atoms with Gasteiger partial charge in [-0.15, -0.1) is 13.2 Å². The van der Waals surface area contributed by atoms with Gasteiger partial charge in [0.15, 0.2) is 0 Å². The van der Waals surface area contributed by atoms with E-state index in [0.29, 0.717) is 0 Å².